The summed E-state index contributed by atoms with van der Waals surface area (Å²) in [4.78, 5) is 12.8. The highest BCUT2D eigenvalue weighted by atomic mass is 16.4. The number of carbonyl (C=O) groups is 1. The highest BCUT2D eigenvalue weighted by Crippen LogP contribution is 2.17. The van der Waals surface area contributed by atoms with Gasteiger partial charge in [-0.1, -0.05) is 51.7 Å². The van der Waals surface area contributed by atoms with Gasteiger partial charge in [-0.2, -0.15) is 0 Å². The zero-order valence-corrected chi connectivity index (χ0v) is 13.3. The Labute approximate surface area is 123 Å². The Bertz CT molecular complexity index is 417. The Hall–Kier alpha value is -1.77. The lowest BCUT2D eigenvalue weighted by molar-refractivity contribution is -0.141. The molecule has 0 rings (SSSR count). The highest BCUT2D eigenvalue weighted by Gasteiger charge is 2.14. The van der Waals surface area contributed by atoms with E-state index in [1.165, 1.54) is 5.57 Å². The standard InChI is InChI=1S/C17H27NO2/c1-7-8-9-10-16(13(2)3)12-18(6)15(5)11-14(4)17(19)20/h7-10,12-14H,5,11H2,1-4,6H3,(H,19,20). The smallest absolute Gasteiger partial charge is 0.306 e. The molecule has 0 bridgehead atoms. The van der Waals surface area contributed by atoms with Gasteiger partial charge in [-0.25, -0.2) is 0 Å². The zero-order valence-electron chi connectivity index (χ0n) is 13.3. The highest BCUT2D eigenvalue weighted by molar-refractivity contribution is 5.69. The quantitative estimate of drug-likeness (QED) is 0.675. The van der Waals surface area contributed by atoms with E-state index in [2.05, 4.69) is 26.5 Å². The molecule has 0 aliphatic rings. The Morgan fingerprint density at radius 3 is 2.35 bits per heavy atom. The lowest BCUT2D eigenvalue weighted by Crippen LogP contribution is -2.17. The first-order valence-electron chi connectivity index (χ1n) is 6.94. The van der Waals surface area contributed by atoms with E-state index in [-0.39, 0.29) is 0 Å². The fourth-order valence-corrected chi connectivity index (χ4v) is 1.56. The van der Waals surface area contributed by atoms with Crippen LogP contribution in [-0.2, 0) is 4.79 Å². The largest absolute Gasteiger partial charge is 0.481 e. The van der Waals surface area contributed by atoms with Crippen LogP contribution in [0, 0.1) is 11.8 Å². The third-order valence-electron chi connectivity index (χ3n) is 3.06. The van der Waals surface area contributed by atoms with Crippen LogP contribution >= 0.6 is 0 Å². The SMILES string of the molecule is C=C(CC(C)C(=O)O)N(C)C=C(C=CC=CC)C(C)C. The number of carboxylic acid groups (broad SMARTS) is 1. The first-order chi connectivity index (χ1) is 9.29. The fourth-order valence-electron chi connectivity index (χ4n) is 1.56. The minimum atomic E-state index is -0.791. The molecule has 3 nitrogen and oxygen atoms in total. The van der Waals surface area contributed by atoms with Gasteiger partial charge in [0.15, 0.2) is 0 Å². The van der Waals surface area contributed by atoms with Gasteiger partial charge in [-0.05, 0) is 18.4 Å². The predicted molar refractivity (Wildman–Crippen MR) is 85.2 cm³/mol. The molecule has 0 fully saturated rings. The number of rotatable bonds is 8. The summed E-state index contributed by atoms with van der Waals surface area (Å²) in [6.07, 6.45) is 10.5. The van der Waals surface area contributed by atoms with Crippen LogP contribution in [0.3, 0.4) is 0 Å². The molecule has 0 radical (unpaired) electrons. The number of hydrogen-bond donors (Lipinski definition) is 1. The second-order valence-corrected chi connectivity index (χ2v) is 5.29. The van der Waals surface area contributed by atoms with Gasteiger partial charge in [0.05, 0.1) is 5.92 Å². The molecule has 20 heavy (non-hydrogen) atoms. The lowest BCUT2D eigenvalue weighted by atomic mass is 10.0. The molecule has 0 heterocycles. The van der Waals surface area contributed by atoms with Gasteiger partial charge >= 0.3 is 5.97 Å². The summed E-state index contributed by atoms with van der Waals surface area (Å²) < 4.78 is 0. The molecule has 0 saturated carbocycles. The molecule has 0 aliphatic heterocycles. The molecule has 0 saturated heterocycles. The van der Waals surface area contributed by atoms with Crippen molar-refractivity contribution in [1.82, 2.24) is 4.90 Å². The van der Waals surface area contributed by atoms with Crippen molar-refractivity contribution in [2.24, 2.45) is 11.8 Å². The second kappa shape index (κ2) is 9.18. The van der Waals surface area contributed by atoms with Crippen molar-refractivity contribution in [2.75, 3.05) is 7.05 Å². The minimum Gasteiger partial charge on any atom is -0.481 e. The third kappa shape index (κ3) is 6.98. The first kappa shape index (κ1) is 18.2. The fraction of sp³-hybridized carbons (Fsp3) is 0.471. The lowest BCUT2D eigenvalue weighted by Gasteiger charge is -2.21. The summed E-state index contributed by atoms with van der Waals surface area (Å²) in [5.74, 6) is -0.816. The molecule has 0 aromatic rings. The van der Waals surface area contributed by atoms with Crippen LogP contribution in [0.1, 0.15) is 34.1 Å². The first-order valence-corrected chi connectivity index (χ1v) is 6.94. The van der Waals surface area contributed by atoms with Gasteiger partial charge in [-0.15, -0.1) is 0 Å². The summed E-state index contributed by atoms with van der Waals surface area (Å²) in [5.41, 5.74) is 1.98. The van der Waals surface area contributed by atoms with Crippen molar-refractivity contribution in [3.8, 4) is 0 Å². The molecule has 0 aliphatic carbocycles. The minimum absolute atomic E-state index is 0.392. The molecule has 0 aromatic carbocycles. The van der Waals surface area contributed by atoms with Crippen LogP contribution in [0.4, 0.5) is 0 Å². The van der Waals surface area contributed by atoms with E-state index in [1.54, 1.807) is 6.92 Å². The van der Waals surface area contributed by atoms with Crippen LogP contribution in [0.25, 0.3) is 0 Å². The number of aliphatic carboxylic acids is 1. The summed E-state index contributed by atoms with van der Waals surface area (Å²) in [6.45, 7) is 11.9. The van der Waals surface area contributed by atoms with E-state index >= 15 is 0 Å². The average molecular weight is 277 g/mol. The Kier molecular flexibility index (Phi) is 8.37. The van der Waals surface area contributed by atoms with Crippen molar-refractivity contribution in [3.63, 3.8) is 0 Å². The van der Waals surface area contributed by atoms with Crippen molar-refractivity contribution in [2.45, 2.75) is 34.1 Å². The number of carboxylic acids is 1. The topological polar surface area (TPSA) is 40.5 Å². The number of allylic oxidation sites excluding steroid dienone is 6. The van der Waals surface area contributed by atoms with Crippen molar-refractivity contribution in [1.29, 1.82) is 0 Å². The van der Waals surface area contributed by atoms with Gasteiger partial charge in [0, 0.05) is 25.4 Å². The van der Waals surface area contributed by atoms with Gasteiger partial charge in [0.25, 0.3) is 0 Å². The Balaban J connectivity index is 4.86. The van der Waals surface area contributed by atoms with Crippen molar-refractivity contribution in [3.05, 3.63) is 48.4 Å². The van der Waals surface area contributed by atoms with Crippen molar-refractivity contribution >= 4 is 5.97 Å². The second-order valence-electron chi connectivity index (χ2n) is 5.29. The molecule has 0 amide bonds. The van der Waals surface area contributed by atoms with Gasteiger partial charge in [-0.3, -0.25) is 4.79 Å². The molecule has 0 spiro atoms. The van der Waals surface area contributed by atoms with Gasteiger partial charge in [0.1, 0.15) is 0 Å². The molecular formula is C17H27NO2. The maximum Gasteiger partial charge on any atom is 0.306 e. The summed E-state index contributed by atoms with van der Waals surface area (Å²) >= 11 is 0. The number of hydrogen-bond acceptors (Lipinski definition) is 2. The number of nitrogens with zero attached hydrogens (tertiary/aromatic N) is 1. The molecule has 1 atom stereocenters. The maximum atomic E-state index is 10.9. The maximum absolute atomic E-state index is 10.9. The average Bonchev–Trinajstić information content (AvgIpc) is 2.36. The zero-order chi connectivity index (χ0) is 15.7. The van der Waals surface area contributed by atoms with Crippen LogP contribution in [0.5, 0.6) is 0 Å². The Morgan fingerprint density at radius 1 is 1.30 bits per heavy atom. The van der Waals surface area contributed by atoms with Crippen molar-refractivity contribution < 1.29 is 9.90 Å². The van der Waals surface area contributed by atoms with E-state index in [0.717, 1.165) is 5.70 Å². The molecule has 112 valence electrons. The van der Waals surface area contributed by atoms with Crippen LogP contribution in [-0.4, -0.2) is 23.0 Å². The van der Waals surface area contributed by atoms with Crippen LogP contribution in [0.15, 0.2) is 48.4 Å². The molecule has 1 unspecified atom stereocenters. The summed E-state index contributed by atoms with van der Waals surface area (Å²) in [6, 6.07) is 0. The van der Waals surface area contributed by atoms with E-state index in [1.807, 2.05) is 43.3 Å². The normalized spacial score (nSPS) is 14.2. The Morgan fingerprint density at radius 2 is 1.90 bits per heavy atom. The van der Waals surface area contributed by atoms with Gasteiger partial charge in [0.2, 0.25) is 0 Å². The van der Waals surface area contributed by atoms with Crippen LogP contribution < -0.4 is 0 Å². The molecule has 0 aromatic heterocycles. The molecule has 3 heteroatoms. The molecular weight excluding hydrogens is 250 g/mol. The molecule has 1 N–H and O–H groups in total. The van der Waals surface area contributed by atoms with Crippen LogP contribution in [0.2, 0.25) is 0 Å². The van der Waals surface area contributed by atoms with E-state index in [9.17, 15) is 4.79 Å². The monoisotopic (exact) mass is 277 g/mol. The summed E-state index contributed by atoms with van der Waals surface area (Å²) in [5, 5.41) is 8.93. The van der Waals surface area contributed by atoms with E-state index in [4.69, 9.17) is 5.11 Å². The van der Waals surface area contributed by atoms with Gasteiger partial charge < -0.3 is 10.0 Å². The van der Waals surface area contributed by atoms with E-state index in [0.29, 0.717) is 12.3 Å². The third-order valence-corrected chi connectivity index (χ3v) is 3.06. The summed E-state index contributed by atoms with van der Waals surface area (Å²) in [7, 11) is 1.91. The van der Waals surface area contributed by atoms with E-state index < -0.39 is 11.9 Å². The predicted octanol–water partition coefficient (Wildman–Crippen LogP) is 4.21.